The lowest BCUT2D eigenvalue weighted by atomic mass is 10.1. The first kappa shape index (κ1) is 9.99. The summed E-state index contributed by atoms with van der Waals surface area (Å²) in [5, 5.41) is 12.1. The monoisotopic (exact) mass is 213 g/mol. The van der Waals surface area contributed by atoms with Crippen LogP contribution in [0.15, 0.2) is 34.9 Å². The first-order valence-electron chi connectivity index (χ1n) is 4.48. The Morgan fingerprint density at radius 3 is 2.81 bits per heavy atom. The predicted octanol–water partition coefficient (Wildman–Crippen LogP) is 2.02. The van der Waals surface area contributed by atoms with Crippen LogP contribution >= 0.6 is 0 Å². The maximum Gasteiger partial charge on any atom is 0.358 e. The molecule has 1 aromatic heterocycles. The van der Waals surface area contributed by atoms with E-state index in [1.165, 1.54) is 6.07 Å². The molecule has 0 unspecified atom stereocenters. The molecule has 0 aliphatic carbocycles. The van der Waals surface area contributed by atoms with Crippen molar-refractivity contribution in [1.82, 2.24) is 5.16 Å². The highest BCUT2D eigenvalue weighted by atomic mass is 16.5. The minimum Gasteiger partial charge on any atom is -0.476 e. The second-order valence-electron chi connectivity index (χ2n) is 3.07. The van der Waals surface area contributed by atoms with Crippen molar-refractivity contribution in [3.05, 3.63) is 41.6 Å². The lowest BCUT2D eigenvalue weighted by Gasteiger charge is -1.97. The SMILES string of the molecule is C#Cc1ccccc1-c1cc(C(=O)O)no1. The van der Waals surface area contributed by atoms with Gasteiger partial charge in [-0.2, -0.15) is 0 Å². The van der Waals surface area contributed by atoms with E-state index in [9.17, 15) is 4.79 Å². The Morgan fingerprint density at radius 1 is 1.44 bits per heavy atom. The van der Waals surface area contributed by atoms with E-state index < -0.39 is 5.97 Å². The highest BCUT2D eigenvalue weighted by Crippen LogP contribution is 2.23. The molecular formula is C12H7NO3. The van der Waals surface area contributed by atoms with Crippen molar-refractivity contribution in [3.8, 4) is 23.7 Å². The van der Waals surface area contributed by atoms with E-state index in [1.807, 2.05) is 0 Å². The van der Waals surface area contributed by atoms with Crippen LogP contribution in [0, 0.1) is 12.3 Å². The van der Waals surface area contributed by atoms with Crippen LogP contribution in [0.2, 0.25) is 0 Å². The second kappa shape index (κ2) is 3.91. The molecule has 0 aliphatic heterocycles. The second-order valence-corrected chi connectivity index (χ2v) is 3.07. The molecule has 0 fully saturated rings. The fourth-order valence-electron chi connectivity index (χ4n) is 1.33. The number of aromatic carboxylic acids is 1. The average molecular weight is 213 g/mol. The van der Waals surface area contributed by atoms with Gasteiger partial charge in [0.05, 0.1) is 0 Å². The van der Waals surface area contributed by atoms with E-state index in [0.29, 0.717) is 16.9 Å². The van der Waals surface area contributed by atoms with E-state index in [-0.39, 0.29) is 5.69 Å². The van der Waals surface area contributed by atoms with Gasteiger partial charge in [0.1, 0.15) is 0 Å². The third-order valence-electron chi connectivity index (χ3n) is 2.08. The van der Waals surface area contributed by atoms with Gasteiger partial charge in [0.25, 0.3) is 0 Å². The number of carbonyl (C=O) groups is 1. The zero-order valence-corrected chi connectivity index (χ0v) is 8.18. The van der Waals surface area contributed by atoms with Crippen LogP contribution in [-0.2, 0) is 0 Å². The summed E-state index contributed by atoms with van der Waals surface area (Å²) in [6.07, 6.45) is 5.33. The summed E-state index contributed by atoms with van der Waals surface area (Å²) in [4.78, 5) is 10.6. The Labute approximate surface area is 91.5 Å². The zero-order chi connectivity index (χ0) is 11.5. The van der Waals surface area contributed by atoms with Crippen LogP contribution in [0.4, 0.5) is 0 Å². The third-order valence-corrected chi connectivity index (χ3v) is 2.08. The number of terminal acetylenes is 1. The maximum absolute atomic E-state index is 10.6. The minimum absolute atomic E-state index is 0.137. The van der Waals surface area contributed by atoms with Crippen molar-refractivity contribution in [2.45, 2.75) is 0 Å². The normalized spacial score (nSPS) is 9.69. The molecule has 1 N–H and O–H groups in total. The van der Waals surface area contributed by atoms with Crippen molar-refractivity contribution >= 4 is 5.97 Å². The van der Waals surface area contributed by atoms with Crippen LogP contribution in [-0.4, -0.2) is 16.2 Å². The number of nitrogens with zero attached hydrogens (tertiary/aromatic N) is 1. The fourth-order valence-corrected chi connectivity index (χ4v) is 1.33. The number of hydrogen-bond acceptors (Lipinski definition) is 3. The van der Waals surface area contributed by atoms with Crippen LogP contribution in [0.5, 0.6) is 0 Å². The number of carboxylic acid groups (broad SMARTS) is 1. The van der Waals surface area contributed by atoms with Crippen molar-refractivity contribution < 1.29 is 14.4 Å². The van der Waals surface area contributed by atoms with Crippen molar-refractivity contribution in [3.63, 3.8) is 0 Å². The average Bonchev–Trinajstić information content (AvgIpc) is 2.78. The molecule has 1 heterocycles. The van der Waals surface area contributed by atoms with Crippen LogP contribution in [0.1, 0.15) is 16.1 Å². The fraction of sp³-hybridized carbons (Fsp3) is 0. The summed E-state index contributed by atoms with van der Waals surface area (Å²) >= 11 is 0. The van der Waals surface area contributed by atoms with Gasteiger partial charge in [0, 0.05) is 17.2 Å². The largest absolute Gasteiger partial charge is 0.476 e. The number of aromatic nitrogens is 1. The molecule has 0 bridgehead atoms. The van der Waals surface area contributed by atoms with Crippen LogP contribution in [0.3, 0.4) is 0 Å². The lowest BCUT2D eigenvalue weighted by Crippen LogP contribution is -1.94. The lowest BCUT2D eigenvalue weighted by molar-refractivity contribution is 0.0686. The minimum atomic E-state index is -1.13. The zero-order valence-electron chi connectivity index (χ0n) is 8.18. The third kappa shape index (κ3) is 1.66. The number of hydrogen-bond donors (Lipinski definition) is 1. The molecule has 2 rings (SSSR count). The van der Waals surface area contributed by atoms with E-state index >= 15 is 0 Å². The van der Waals surface area contributed by atoms with Gasteiger partial charge in [0.2, 0.25) is 0 Å². The Balaban J connectivity index is 2.51. The maximum atomic E-state index is 10.6. The molecular weight excluding hydrogens is 206 g/mol. The molecule has 16 heavy (non-hydrogen) atoms. The molecule has 0 atom stereocenters. The van der Waals surface area contributed by atoms with Crippen LogP contribution < -0.4 is 0 Å². The molecule has 0 saturated heterocycles. The van der Waals surface area contributed by atoms with Gasteiger partial charge in [0.15, 0.2) is 11.5 Å². The first-order chi connectivity index (χ1) is 7.72. The molecule has 0 amide bonds. The number of carboxylic acids is 1. The van der Waals surface area contributed by atoms with Crippen molar-refractivity contribution in [2.75, 3.05) is 0 Å². The number of benzene rings is 1. The molecule has 1 aromatic carbocycles. The van der Waals surface area contributed by atoms with Crippen molar-refractivity contribution in [1.29, 1.82) is 0 Å². The summed E-state index contributed by atoms with van der Waals surface area (Å²) in [5.41, 5.74) is 1.16. The van der Waals surface area contributed by atoms with Gasteiger partial charge < -0.3 is 9.63 Å². The quantitative estimate of drug-likeness (QED) is 0.775. The Hall–Kier alpha value is -2.54. The Morgan fingerprint density at radius 2 is 2.19 bits per heavy atom. The Bertz CT molecular complexity index is 578. The van der Waals surface area contributed by atoms with Gasteiger partial charge in [-0.1, -0.05) is 23.2 Å². The summed E-state index contributed by atoms with van der Waals surface area (Å²) < 4.78 is 4.93. The molecule has 78 valence electrons. The summed E-state index contributed by atoms with van der Waals surface area (Å²) in [6, 6.07) is 8.43. The topological polar surface area (TPSA) is 63.3 Å². The van der Waals surface area contributed by atoms with Gasteiger partial charge >= 0.3 is 5.97 Å². The van der Waals surface area contributed by atoms with E-state index in [1.54, 1.807) is 24.3 Å². The smallest absolute Gasteiger partial charge is 0.358 e. The molecule has 4 nitrogen and oxygen atoms in total. The van der Waals surface area contributed by atoms with Gasteiger partial charge in [-0.05, 0) is 12.1 Å². The highest BCUT2D eigenvalue weighted by Gasteiger charge is 2.13. The molecule has 0 radical (unpaired) electrons. The number of rotatable bonds is 2. The van der Waals surface area contributed by atoms with Gasteiger partial charge in [-0.25, -0.2) is 4.79 Å². The highest BCUT2D eigenvalue weighted by molar-refractivity contribution is 5.86. The van der Waals surface area contributed by atoms with Gasteiger partial charge in [-0.15, -0.1) is 6.42 Å². The summed E-state index contributed by atoms with van der Waals surface area (Å²) in [7, 11) is 0. The molecule has 4 heteroatoms. The van der Waals surface area contributed by atoms with Crippen LogP contribution in [0.25, 0.3) is 11.3 Å². The standard InChI is InChI=1S/C12H7NO3/c1-2-8-5-3-4-6-9(8)11-7-10(12(14)15)13-16-11/h1,3-7H,(H,14,15). The molecule has 2 aromatic rings. The summed E-state index contributed by atoms with van der Waals surface area (Å²) in [5.74, 6) is 1.72. The Kier molecular flexibility index (Phi) is 2.44. The predicted molar refractivity (Wildman–Crippen MR) is 56.8 cm³/mol. The van der Waals surface area contributed by atoms with E-state index in [0.717, 1.165) is 0 Å². The van der Waals surface area contributed by atoms with Gasteiger partial charge in [-0.3, -0.25) is 0 Å². The molecule has 0 spiro atoms. The summed E-state index contributed by atoms with van der Waals surface area (Å²) in [6.45, 7) is 0. The molecule has 0 aliphatic rings. The van der Waals surface area contributed by atoms with E-state index in [2.05, 4.69) is 11.1 Å². The molecule has 0 saturated carbocycles. The first-order valence-corrected chi connectivity index (χ1v) is 4.48. The van der Waals surface area contributed by atoms with E-state index in [4.69, 9.17) is 16.1 Å². The van der Waals surface area contributed by atoms with Crippen molar-refractivity contribution in [2.24, 2.45) is 0 Å².